The Balaban J connectivity index is 2.92. The number of nitrogens with zero attached hydrogens (tertiary/aromatic N) is 1. The van der Waals surface area contributed by atoms with Crippen molar-refractivity contribution in [1.82, 2.24) is 15.5 Å². The number of hydrogen-bond acceptors (Lipinski definition) is 6. The van der Waals surface area contributed by atoms with Crippen molar-refractivity contribution in [2.24, 2.45) is 23.3 Å². The summed E-state index contributed by atoms with van der Waals surface area (Å²) >= 11 is 0. The minimum atomic E-state index is -1.18. The first-order valence-electron chi connectivity index (χ1n) is 10.5. The number of hydrogen-bond donors (Lipinski definition) is 5. The third-order valence-electron chi connectivity index (χ3n) is 5.15. The SMILES string of the molecule is CC(C)C[C@H](NC(=O)[C@@H]1CCCN1C(=O)[C@@H](NC(=O)[C@@H](N)CC(N)=O)C(C)C)C(=O)O. The van der Waals surface area contributed by atoms with Crippen LogP contribution in [0.2, 0.25) is 0 Å². The molecule has 11 heteroatoms. The Morgan fingerprint density at radius 3 is 2.19 bits per heavy atom. The molecular formula is C20H35N5O6. The lowest BCUT2D eigenvalue weighted by Crippen LogP contribution is -2.58. The standard InChI is InChI=1S/C20H35N5O6/c1-10(2)8-13(20(30)31)23-18(28)14-6-5-7-25(14)19(29)16(11(3)4)24-17(27)12(21)9-15(22)26/h10-14,16H,5-9,21H2,1-4H3,(H2,22,26)(H,23,28)(H,24,27)(H,30,31)/t12-,13-,14-,16-/m0/s1. The van der Waals surface area contributed by atoms with Crippen LogP contribution in [0.1, 0.15) is 53.4 Å². The minimum Gasteiger partial charge on any atom is -0.480 e. The Morgan fingerprint density at radius 1 is 1.10 bits per heavy atom. The molecular weight excluding hydrogens is 406 g/mol. The van der Waals surface area contributed by atoms with Gasteiger partial charge in [0, 0.05) is 6.54 Å². The summed E-state index contributed by atoms with van der Waals surface area (Å²) in [5, 5.41) is 14.5. The van der Waals surface area contributed by atoms with Crippen molar-refractivity contribution in [3.63, 3.8) is 0 Å². The molecule has 1 aliphatic heterocycles. The molecule has 0 aromatic carbocycles. The van der Waals surface area contributed by atoms with Crippen molar-refractivity contribution in [2.75, 3.05) is 6.54 Å². The van der Waals surface area contributed by atoms with Crippen LogP contribution >= 0.6 is 0 Å². The van der Waals surface area contributed by atoms with Crippen LogP contribution in [-0.4, -0.2) is 70.3 Å². The second-order valence-corrected chi connectivity index (χ2v) is 8.73. The Labute approximate surface area is 182 Å². The number of nitrogens with one attached hydrogen (secondary N) is 2. The second kappa shape index (κ2) is 11.6. The number of rotatable bonds is 11. The van der Waals surface area contributed by atoms with Crippen LogP contribution in [0.4, 0.5) is 0 Å². The van der Waals surface area contributed by atoms with Gasteiger partial charge in [-0.15, -0.1) is 0 Å². The van der Waals surface area contributed by atoms with E-state index in [2.05, 4.69) is 10.6 Å². The van der Waals surface area contributed by atoms with Gasteiger partial charge in [-0.1, -0.05) is 27.7 Å². The van der Waals surface area contributed by atoms with Gasteiger partial charge in [0.25, 0.3) is 0 Å². The first-order chi connectivity index (χ1) is 14.3. The van der Waals surface area contributed by atoms with Crippen LogP contribution in [0.15, 0.2) is 0 Å². The van der Waals surface area contributed by atoms with Crippen LogP contribution in [-0.2, 0) is 24.0 Å². The third kappa shape index (κ3) is 7.82. The van der Waals surface area contributed by atoms with Gasteiger partial charge in [-0.25, -0.2) is 4.79 Å². The molecule has 1 heterocycles. The second-order valence-electron chi connectivity index (χ2n) is 8.73. The van der Waals surface area contributed by atoms with Gasteiger partial charge in [-0.2, -0.15) is 0 Å². The maximum Gasteiger partial charge on any atom is 0.326 e. The van der Waals surface area contributed by atoms with E-state index >= 15 is 0 Å². The molecule has 176 valence electrons. The van der Waals surface area contributed by atoms with E-state index in [9.17, 15) is 29.1 Å². The summed E-state index contributed by atoms with van der Waals surface area (Å²) in [6, 6.07) is -4.00. The van der Waals surface area contributed by atoms with Gasteiger partial charge in [0.15, 0.2) is 0 Å². The van der Waals surface area contributed by atoms with Gasteiger partial charge >= 0.3 is 5.97 Å². The van der Waals surface area contributed by atoms with Gasteiger partial charge < -0.3 is 32.1 Å². The number of carboxylic acids is 1. The Kier molecular flexibility index (Phi) is 9.89. The Morgan fingerprint density at radius 2 is 1.71 bits per heavy atom. The number of amides is 4. The van der Waals surface area contributed by atoms with E-state index in [-0.39, 0.29) is 24.7 Å². The normalized spacial score (nSPS) is 19.1. The van der Waals surface area contributed by atoms with E-state index in [0.717, 1.165) is 0 Å². The first kappa shape index (κ1) is 26.3. The lowest BCUT2D eigenvalue weighted by atomic mass is 10.0. The summed E-state index contributed by atoms with van der Waals surface area (Å²) in [5.74, 6) is -3.79. The van der Waals surface area contributed by atoms with Crippen molar-refractivity contribution in [1.29, 1.82) is 0 Å². The van der Waals surface area contributed by atoms with Crippen LogP contribution in [0.25, 0.3) is 0 Å². The van der Waals surface area contributed by atoms with Crippen molar-refractivity contribution in [3.05, 3.63) is 0 Å². The van der Waals surface area contributed by atoms with Crippen LogP contribution < -0.4 is 22.1 Å². The average Bonchev–Trinajstić information content (AvgIpc) is 3.13. The smallest absolute Gasteiger partial charge is 0.326 e. The van der Waals surface area contributed by atoms with Crippen molar-refractivity contribution in [2.45, 2.75) is 77.5 Å². The molecule has 0 bridgehead atoms. The molecule has 0 radical (unpaired) electrons. The van der Waals surface area contributed by atoms with Crippen LogP contribution in [0.3, 0.4) is 0 Å². The molecule has 1 saturated heterocycles. The molecule has 31 heavy (non-hydrogen) atoms. The predicted molar refractivity (Wildman–Crippen MR) is 112 cm³/mol. The molecule has 4 atom stereocenters. The van der Waals surface area contributed by atoms with Crippen LogP contribution in [0.5, 0.6) is 0 Å². The fourth-order valence-electron chi connectivity index (χ4n) is 3.53. The van der Waals surface area contributed by atoms with E-state index in [1.807, 2.05) is 13.8 Å². The van der Waals surface area contributed by atoms with E-state index in [4.69, 9.17) is 11.5 Å². The maximum absolute atomic E-state index is 13.2. The lowest BCUT2D eigenvalue weighted by Gasteiger charge is -2.31. The van der Waals surface area contributed by atoms with Crippen molar-refractivity contribution < 1.29 is 29.1 Å². The van der Waals surface area contributed by atoms with Crippen LogP contribution in [0, 0.1) is 11.8 Å². The average molecular weight is 442 g/mol. The Hall–Kier alpha value is -2.69. The molecule has 7 N–H and O–H groups in total. The van der Waals surface area contributed by atoms with Gasteiger partial charge in [0.05, 0.1) is 12.5 Å². The maximum atomic E-state index is 13.2. The molecule has 0 aliphatic carbocycles. The monoisotopic (exact) mass is 441 g/mol. The fraction of sp³-hybridized carbons (Fsp3) is 0.750. The summed E-state index contributed by atoms with van der Waals surface area (Å²) in [4.78, 5) is 62.1. The zero-order valence-electron chi connectivity index (χ0n) is 18.6. The largest absolute Gasteiger partial charge is 0.480 e. The minimum absolute atomic E-state index is 0.0628. The van der Waals surface area contributed by atoms with Gasteiger partial charge in [0.2, 0.25) is 23.6 Å². The number of carbonyl (C=O) groups is 5. The van der Waals surface area contributed by atoms with Crippen molar-refractivity contribution >= 4 is 29.6 Å². The van der Waals surface area contributed by atoms with E-state index in [1.54, 1.807) is 13.8 Å². The summed E-state index contributed by atoms with van der Waals surface area (Å²) < 4.78 is 0. The van der Waals surface area contributed by atoms with E-state index < -0.39 is 53.8 Å². The number of carbonyl (C=O) groups excluding carboxylic acids is 4. The highest BCUT2D eigenvalue weighted by Crippen LogP contribution is 2.21. The molecule has 1 fully saturated rings. The highest BCUT2D eigenvalue weighted by atomic mass is 16.4. The van der Waals surface area contributed by atoms with Gasteiger partial charge in [-0.05, 0) is 31.1 Å². The lowest BCUT2D eigenvalue weighted by molar-refractivity contribution is -0.145. The molecule has 0 spiro atoms. The zero-order chi connectivity index (χ0) is 23.9. The van der Waals surface area contributed by atoms with Gasteiger partial charge in [-0.3, -0.25) is 19.2 Å². The molecule has 0 aromatic rings. The number of nitrogens with two attached hydrogens (primary N) is 2. The Bertz CT molecular complexity index is 696. The number of likely N-dealkylation sites (tertiary alicyclic amines) is 1. The number of aliphatic carboxylic acids is 1. The zero-order valence-corrected chi connectivity index (χ0v) is 18.6. The molecule has 11 nitrogen and oxygen atoms in total. The summed E-state index contributed by atoms with van der Waals surface area (Å²) in [7, 11) is 0. The highest BCUT2D eigenvalue weighted by Gasteiger charge is 2.40. The molecule has 1 aliphatic rings. The molecule has 1 rings (SSSR count). The van der Waals surface area contributed by atoms with E-state index in [1.165, 1.54) is 4.90 Å². The number of carboxylic acid groups (broad SMARTS) is 1. The van der Waals surface area contributed by atoms with E-state index in [0.29, 0.717) is 19.4 Å². The summed E-state index contributed by atoms with van der Waals surface area (Å²) in [6.45, 7) is 7.48. The molecule has 0 saturated carbocycles. The first-order valence-corrected chi connectivity index (χ1v) is 10.5. The van der Waals surface area contributed by atoms with Gasteiger partial charge in [0.1, 0.15) is 18.1 Å². The summed E-state index contributed by atoms with van der Waals surface area (Å²) in [6.07, 6.45) is 0.882. The fourth-order valence-corrected chi connectivity index (χ4v) is 3.53. The topological polar surface area (TPSA) is 185 Å². The predicted octanol–water partition coefficient (Wildman–Crippen LogP) is -1.06. The van der Waals surface area contributed by atoms with Crippen molar-refractivity contribution in [3.8, 4) is 0 Å². The third-order valence-corrected chi connectivity index (χ3v) is 5.15. The molecule has 4 amide bonds. The quantitative estimate of drug-likeness (QED) is 0.270. The molecule has 0 aromatic heterocycles. The highest BCUT2D eigenvalue weighted by molar-refractivity contribution is 5.95. The number of primary amides is 1. The molecule has 0 unspecified atom stereocenters. The summed E-state index contributed by atoms with van der Waals surface area (Å²) in [5.41, 5.74) is 10.7.